The minimum Gasteiger partial charge on any atom is -0.463 e. The molecule has 0 saturated carbocycles. The van der Waals surface area contributed by atoms with E-state index in [0.717, 1.165) is 0 Å². The molecule has 5 nitrogen and oxygen atoms in total. The molecule has 1 aromatic rings. The molecule has 3 unspecified atom stereocenters. The van der Waals surface area contributed by atoms with Crippen LogP contribution in [0.3, 0.4) is 0 Å². The summed E-state index contributed by atoms with van der Waals surface area (Å²) < 4.78 is 5.28. The summed E-state index contributed by atoms with van der Waals surface area (Å²) in [5.41, 5.74) is 0.571. The third-order valence-corrected chi connectivity index (χ3v) is 3.60. The molecule has 1 N–H and O–H groups in total. The van der Waals surface area contributed by atoms with Crippen molar-refractivity contribution in [1.82, 2.24) is 0 Å². The van der Waals surface area contributed by atoms with Gasteiger partial charge in [0.2, 0.25) is 12.8 Å². The van der Waals surface area contributed by atoms with Gasteiger partial charge in [0.1, 0.15) is 5.75 Å². The Hall–Kier alpha value is -1.04. The predicted octanol–water partition coefficient (Wildman–Crippen LogP) is 2.70. The van der Waals surface area contributed by atoms with Crippen molar-refractivity contribution in [3.8, 4) is 5.75 Å². The second-order valence-corrected chi connectivity index (χ2v) is 5.14. The van der Waals surface area contributed by atoms with Gasteiger partial charge in [0.25, 0.3) is 0 Å². The third-order valence-electron chi connectivity index (χ3n) is 3.11. The minimum atomic E-state index is -1.11. The average Bonchev–Trinajstić information content (AvgIpc) is 2.26. The highest BCUT2D eigenvalue weighted by Crippen LogP contribution is 2.44. The Morgan fingerprint density at radius 1 is 1.50 bits per heavy atom. The fraction of sp³-hybridized carbons (Fsp3) is 0.455. The standard InChI is InChI=1S/C11H11Cl2NO4/c1-5-8(4-14(16)17)7-2-6(12)3-9(13)10(7)18-11(5)15/h2-3,5,8,11,15H,4H2,1H3. The lowest BCUT2D eigenvalue weighted by Crippen LogP contribution is -2.37. The van der Waals surface area contributed by atoms with Crippen molar-refractivity contribution in [3.63, 3.8) is 0 Å². The largest absolute Gasteiger partial charge is 0.463 e. The van der Waals surface area contributed by atoms with Crippen LogP contribution in [0.25, 0.3) is 0 Å². The molecule has 0 fully saturated rings. The Morgan fingerprint density at radius 2 is 2.17 bits per heavy atom. The van der Waals surface area contributed by atoms with Crippen molar-refractivity contribution in [2.45, 2.75) is 19.1 Å². The van der Waals surface area contributed by atoms with Gasteiger partial charge in [0.15, 0.2) is 0 Å². The molecule has 1 heterocycles. The first-order chi connectivity index (χ1) is 8.40. The van der Waals surface area contributed by atoms with Crippen LogP contribution in [0, 0.1) is 16.0 Å². The number of benzene rings is 1. The maximum Gasteiger partial charge on any atom is 0.211 e. The molecule has 1 aliphatic heterocycles. The molecular weight excluding hydrogens is 281 g/mol. The Morgan fingerprint density at radius 3 is 2.78 bits per heavy atom. The van der Waals surface area contributed by atoms with Crippen LogP contribution < -0.4 is 4.74 Å². The number of fused-ring (bicyclic) bond motifs is 1. The number of hydrogen-bond donors (Lipinski definition) is 1. The molecule has 0 radical (unpaired) electrons. The zero-order valence-corrected chi connectivity index (χ0v) is 11.0. The van der Waals surface area contributed by atoms with E-state index in [1.54, 1.807) is 13.0 Å². The molecule has 18 heavy (non-hydrogen) atoms. The Labute approximate surface area is 113 Å². The Bertz CT molecular complexity index is 494. The van der Waals surface area contributed by atoms with Crippen LogP contribution in [0.15, 0.2) is 12.1 Å². The van der Waals surface area contributed by atoms with E-state index in [4.69, 9.17) is 27.9 Å². The quantitative estimate of drug-likeness (QED) is 0.672. The molecule has 2 rings (SSSR count). The van der Waals surface area contributed by atoms with Gasteiger partial charge in [-0.1, -0.05) is 30.1 Å². The number of aliphatic hydroxyl groups is 1. The molecule has 0 amide bonds. The molecule has 0 aromatic heterocycles. The zero-order valence-electron chi connectivity index (χ0n) is 9.47. The van der Waals surface area contributed by atoms with Crippen molar-refractivity contribution in [1.29, 1.82) is 0 Å². The molecule has 1 aliphatic rings. The summed E-state index contributed by atoms with van der Waals surface area (Å²) in [5.74, 6) is -0.606. The molecule has 0 spiro atoms. The van der Waals surface area contributed by atoms with E-state index >= 15 is 0 Å². The van der Waals surface area contributed by atoms with Gasteiger partial charge in [-0.05, 0) is 12.1 Å². The first kappa shape index (κ1) is 13.4. The molecule has 0 saturated heterocycles. The average molecular weight is 292 g/mol. The third kappa shape index (κ3) is 2.39. The fourth-order valence-electron chi connectivity index (χ4n) is 2.12. The summed E-state index contributed by atoms with van der Waals surface area (Å²) in [6.07, 6.45) is -1.11. The Balaban J connectivity index is 2.51. The van der Waals surface area contributed by atoms with Gasteiger partial charge in [0.05, 0.1) is 10.9 Å². The van der Waals surface area contributed by atoms with Gasteiger partial charge in [-0.25, -0.2) is 0 Å². The van der Waals surface area contributed by atoms with E-state index in [-0.39, 0.29) is 17.3 Å². The summed E-state index contributed by atoms with van der Waals surface area (Å²) in [6.45, 7) is 1.39. The summed E-state index contributed by atoms with van der Waals surface area (Å²) in [4.78, 5) is 10.3. The lowest BCUT2D eigenvalue weighted by atomic mass is 9.84. The fourth-order valence-corrected chi connectivity index (χ4v) is 2.67. The van der Waals surface area contributed by atoms with Crippen molar-refractivity contribution in [2.24, 2.45) is 5.92 Å². The molecule has 3 atom stereocenters. The van der Waals surface area contributed by atoms with E-state index in [2.05, 4.69) is 0 Å². The zero-order chi connectivity index (χ0) is 13.4. The lowest BCUT2D eigenvalue weighted by molar-refractivity contribution is -0.486. The van der Waals surface area contributed by atoms with Crippen LogP contribution in [-0.2, 0) is 0 Å². The lowest BCUT2D eigenvalue weighted by Gasteiger charge is -2.33. The minimum absolute atomic E-state index is 0.247. The summed E-state index contributed by atoms with van der Waals surface area (Å²) >= 11 is 11.9. The summed E-state index contributed by atoms with van der Waals surface area (Å²) in [6, 6.07) is 3.08. The molecule has 98 valence electrons. The number of nitrogens with zero attached hydrogens (tertiary/aromatic N) is 1. The van der Waals surface area contributed by atoms with E-state index in [0.29, 0.717) is 10.6 Å². The number of hydrogen-bond acceptors (Lipinski definition) is 4. The number of halogens is 2. The monoisotopic (exact) mass is 291 g/mol. The predicted molar refractivity (Wildman–Crippen MR) is 66.9 cm³/mol. The van der Waals surface area contributed by atoms with Crippen molar-refractivity contribution in [2.75, 3.05) is 6.54 Å². The highest BCUT2D eigenvalue weighted by atomic mass is 35.5. The van der Waals surface area contributed by atoms with Crippen LogP contribution in [0.2, 0.25) is 10.0 Å². The summed E-state index contributed by atoms with van der Waals surface area (Å²) in [7, 11) is 0. The van der Waals surface area contributed by atoms with Crippen molar-refractivity contribution < 1.29 is 14.8 Å². The van der Waals surface area contributed by atoms with Gasteiger partial charge in [-0.15, -0.1) is 0 Å². The van der Waals surface area contributed by atoms with Gasteiger partial charge in [0, 0.05) is 21.4 Å². The van der Waals surface area contributed by atoms with E-state index in [9.17, 15) is 15.2 Å². The van der Waals surface area contributed by atoms with Gasteiger partial charge >= 0.3 is 0 Å². The molecule has 0 aliphatic carbocycles. The van der Waals surface area contributed by atoms with Gasteiger partial charge in [-0.3, -0.25) is 10.1 Å². The topological polar surface area (TPSA) is 72.6 Å². The van der Waals surface area contributed by atoms with E-state index in [1.807, 2.05) is 0 Å². The SMILES string of the molecule is CC1C(O)Oc2c(Cl)cc(Cl)cc2C1C[N+](=O)[O-]. The summed E-state index contributed by atoms with van der Waals surface area (Å²) in [5, 5.41) is 21.1. The normalized spacial score (nSPS) is 26.3. The van der Waals surface area contributed by atoms with Crippen LogP contribution >= 0.6 is 23.2 Å². The van der Waals surface area contributed by atoms with Crippen molar-refractivity contribution in [3.05, 3.63) is 37.9 Å². The number of ether oxygens (including phenoxy) is 1. The maximum absolute atomic E-state index is 10.7. The maximum atomic E-state index is 10.7. The number of nitro groups is 1. The molecule has 1 aromatic carbocycles. The van der Waals surface area contributed by atoms with Crippen LogP contribution in [0.1, 0.15) is 18.4 Å². The highest BCUT2D eigenvalue weighted by molar-refractivity contribution is 6.35. The highest BCUT2D eigenvalue weighted by Gasteiger charge is 2.38. The number of aliphatic hydroxyl groups excluding tert-OH is 1. The van der Waals surface area contributed by atoms with E-state index < -0.39 is 23.0 Å². The smallest absolute Gasteiger partial charge is 0.211 e. The van der Waals surface area contributed by atoms with Crippen LogP contribution in [-0.4, -0.2) is 22.9 Å². The van der Waals surface area contributed by atoms with Gasteiger partial charge < -0.3 is 9.84 Å². The molecule has 0 bridgehead atoms. The van der Waals surface area contributed by atoms with Crippen LogP contribution in [0.4, 0.5) is 0 Å². The first-order valence-electron chi connectivity index (χ1n) is 5.35. The molecular formula is C11H11Cl2NO4. The van der Waals surface area contributed by atoms with E-state index in [1.165, 1.54) is 6.07 Å². The van der Waals surface area contributed by atoms with Crippen molar-refractivity contribution >= 4 is 23.2 Å². The van der Waals surface area contributed by atoms with Crippen LogP contribution in [0.5, 0.6) is 5.75 Å². The Kier molecular flexibility index (Phi) is 3.66. The first-order valence-corrected chi connectivity index (χ1v) is 6.11. The molecule has 7 heteroatoms. The second kappa shape index (κ2) is 4.91. The second-order valence-electron chi connectivity index (χ2n) is 4.30. The number of rotatable bonds is 2. The van der Waals surface area contributed by atoms with Gasteiger partial charge in [-0.2, -0.15) is 0 Å².